The summed E-state index contributed by atoms with van der Waals surface area (Å²) in [6, 6.07) is 7.37. The first-order valence-electron chi connectivity index (χ1n) is 5.90. The van der Waals surface area contributed by atoms with Gasteiger partial charge in [-0.15, -0.1) is 21.8 Å². The molecule has 2 aromatic rings. The molecule has 0 amide bonds. The van der Waals surface area contributed by atoms with Gasteiger partial charge in [0, 0.05) is 29.8 Å². The lowest BCUT2D eigenvalue weighted by molar-refractivity contribution is 0.112. The summed E-state index contributed by atoms with van der Waals surface area (Å²) in [5.41, 5.74) is 1.42. The summed E-state index contributed by atoms with van der Waals surface area (Å²) in [5.74, 6) is 2.26. The number of alkyl halides is 1. The smallest absolute Gasteiger partial charge is 0.191 e. The van der Waals surface area contributed by atoms with Crippen LogP contribution in [0.3, 0.4) is 0 Å². The first-order chi connectivity index (χ1) is 9.27. The van der Waals surface area contributed by atoms with Crippen LogP contribution in [0.25, 0.3) is 11.4 Å². The van der Waals surface area contributed by atoms with Crippen molar-refractivity contribution < 1.29 is 4.79 Å². The van der Waals surface area contributed by atoms with Crippen molar-refractivity contribution in [3.8, 4) is 11.4 Å². The Balaban J connectivity index is 2.28. The second-order valence-corrected chi connectivity index (χ2v) is 5.40. The van der Waals surface area contributed by atoms with Gasteiger partial charge in [-0.25, -0.2) is 0 Å². The molecule has 0 spiro atoms. The van der Waals surface area contributed by atoms with E-state index in [0.29, 0.717) is 17.3 Å². The van der Waals surface area contributed by atoms with Crippen molar-refractivity contribution in [2.45, 2.75) is 11.6 Å². The van der Waals surface area contributed by atoms with Gasteiger partial charge in [0.15, 0.2) is 17.3 Å². The van der Waals surface area contributed by atoms with Crippen LogP contribution in [-0.2, 0) is 7.05 Å². The lowest BCUT2D eigenvalue weighted by Gasteiger charge is -2.05. The molecule has 100 valence electrons. The first-order valence-corrected chi connectivity index (χ1v) is 7.42. The van der Waals surface area contributed by atoms with Crippen LogP contribution < -0.4 is 0 Å². The van der Waals surface area contributed by atoms with Gasteiger partial charge >= 0.3 is 0 Å². The highest BCUT2D eigenvalue weighted by molar-refractivity contribution is 7.99. The molecule has 0 unspecified atom stereocenters. The maximum atomic E-state index is 11.1. The summed E-state index contributed by atoms with van der Waals surface area (Å²) in [7, 11) is 1.90. The summed E-state index contributed by atoms with van der Waals surface area (Å²) in [6.07, 6.45) is 1.77. The molecular weight excluding hydrogens is 282 g/mol. The highest BCUT2D eigenvalue weighted by Gasteiger charge is 2.13. The average Bonchev–Trinajstić information content (AvgIpc) is 2.80. The zero-order chi connectivity index (χ0) is 13.7. The molecule has 1 aromatic carbocycles. The zero-order valence-corrected chi connectivity index (χ0v) is 12.1. The SMILES string of the molecule is Cn1c(SCCCCl)nnc1-c1ccccc1C=O. The normalized spacial score (nSPS) is 10.6. The third-order valence-electron chi connectivity index (χ3n) is 2.67. The van der Waals surface area contributed by atoms with E-state index in [4.69, 9.17) is 11.6 Å². The number of benzene rings is 1. The molecule has 6 heteroatoms. The lowest BCUT2D eigenvalue weighted by Crippen LogP contribution is -1.97. The van der Waals surface area contributed by atoms with E-state index in [1.54, 1.807) is 17.8 Å². The first kappa shape index (κ1) is 14.1. The second-order valence-electron chi connectivity index (χ2n) is 3.96. The summed E-state index contributed by atoms with van der Waals surface area (Å²) < 4.78 is 1.90. The number of halogens is 1. The van der Waals surface area contributed by atoms with Crippen LogP contribution in [0, 0.1) is 0 Å². The summed E-state index contributed by atoms with van der Waals surface area (Å²) in [4.78, 5) is 11.1. The molecule has 0 aliphatic carbocycles. The van der Waals surface area contributed by atoms with E-state index in [1.807, 2.05) is 29.8 Å². The molecule has 0 bridgehead atoms. The van der Waals surface area contributed by atoms with Crippen LogP contribution in [0.15, 0.2) is 29.4 Å². The minimum absolute atomic E-state index is 0.621. The number of hydrogen-bond acceptors (Lipinski definition) is 4. The van der Waals surface area contributed by atoms with Crippen LogP contribution >= 0.6 is 23.4 Å². The predicted molar refractivity (Wildman–Crippen MR) is 77.9 cm³/mol. The van der Waals surface area contributed by atoms with Crippen LogP contribution in [0.2, 0.25) is 0 Å². The number of hydrogen-bond donors (Lipinski definition) is 0. The van der Waals surface area contributed by atoms with Crippen molar-refractivity contribution in [1.29, 1.82) is 0 Å². The van der Waals surface area contributed by atoms with Gasteiger partial charge in [-0.3, -0.25) is 4.79 Å². The number of aromatic nitrogens is 3. The maximum Gasteiger partial charge on any atom is 0.191 e. The Kier molecular flexibility index (Phi) is 4.99. The van der Waals surface area contributed by atoms with Crippen molar-refractivity contribution in [2.24, 2.45) is 7.05 Å². The monoisotopic (exact) mass is 295 g/mol. The van der Waals surface area contributed by atoms with Gasteiger partial charge in [-0.2, -0.15) is 0 Å². The molecule has 0 N–H and O–H groups in total. The van der Waals surface area contributed by atoms with E-state index in [0.717, 1.165) is 29.2 Å². The molecule has 0 fully saturated rings. The molecule has 1 aromatic heterocycles. The number of nitrogens with zero attached hydrogens (tertiary/aromatic N) is 3. The summed E-state index contributed by atoms with van der Waals surface area (Å²) in [5, 5.41) is 9.16. The minimum atomic E-state index is 0.621. The van der Waals surface area contributed by atoms with Gasteiger partial charge in [0.05, 0.1) is 0 Å². The highest BCUT2D eigenvalue weighted by atomic mass is 35.5. The van der Waals surface area contributed by atoms with Crippen LogP contribution in [0.1, 0.15) is 16.8 Å². The molecule has 1 heterocycles. The molecule has 0 saturated carbocycles. The lowest BCUT2D eigenvalue weighted by atomic mass is 10.1. The van der Waals surface area contributed by atoms with Crippen LogP contribution in [-0.4, -0.2) is 32.7 Å². The Morgan fingerprint density at radius 1 is 1.37 bits per heavy atom. The van der Waals surface area contributed by atoms with Gasteiger partial charge in [0.1, 0.15) is 0 Å². The fraction of sp³-hybridized carbons (Fsp3) is 0.308. The van der Waals surface area contributed by atoms with E-state index in [2.05, 4.69) is 10.2 Å². The molecular formula is C13H14ClN3OS. The summed E-state index contributed by atoms with van der Waals surface area (Å²) in [6.45, 7) is 0. The predicted octanol–water partition coefficient (Wildman–Crippen LogP) is 3.02. The van der Waals surface area contributed by atoms with Gasteiger partial charge < -0.3 is 4.57 Å². The maximum absolute atomic E-state index is 11.1. The van der Waals surface area contributed by atoms with Gasteiger partial charge in [-0.1, -0.05) is 36.0 Å². The van der Waals surface area contributed by atoms with Crippen molar-refractivity contribution in [2.75, 3.05) is 11.6 Å². The molecule has 19 heavy (non-hydrogen) atoms. The molecule has 0 radical (unpaired) electrons. The van der Waals surface area contributed by atoms with Gasteiger partial charge in [0.2, 0.25) is 0 Å². The highest BCUT2D eigenvalue weighted by Crippen LogP contribution is 2.24. The minimum Gasteiger partial charge on any atom is -0.305 e. The average molecular weight is 296 g/mol. The van der Waals surface area contributed by atoms with E-state index < -0.39 is 0 Å². The Labute approximate surface area is 121 Å². The third kappa shape index (κ3) is 3.16. The van der Waals surface area contributed by atoms with Gasteiger partial charge in [0.25, 0.3) is 0 Å². The second kappa shape index (κ2) is 6.73. The number of aldehydes is 1. The number of carbonyl (C=O) groups is 1. The number of rotatable bonds is 6. The fourth-order valence-corrected chi connectivity index (χ4v) is 2.84. The van der Waals surface area contributed by atoms with E-state index in [9.17, 15) is 4.79 Å². The molecule has 2 rings (SSSR count). The Morgan fingerprint density at radius 2 is 2.16 bits per heavy atom. The molecule has 4 nitrogen and oxygen atoms in total. The van der Waals surface area contributed by atoms with Crippen LogP contribution in [0.4, 0.5) is 0 Å². The third-order valence-corrected chi connectivity index (χ3v) is 4.05. The van der Waals surface area contributed by atoms with E-state index >= 15 is 0 Å². The Bertz CT molecular complexity index is 571. The number of thioether (sulfide) groups is 1. The van der Waals surface area contributed by atoms with Gasteiger partial charge in [-0.05, 0) is 6.42 Å². The Hall–Kier alpha value is -1.33. The van der Waals surface area contributed by atoms with Crippen molar-refractivity contribution in [3.63, 3.8) is 0 Å². The van der Waals surface area contributed by atoms with Crippen molar-refractivity contribution in [1.82, 2.24) is 14.8 Å². The standard InChI is InChI=1S/C13H14ClN3OS/c1-17-12(11-6-3-2-5-10(11)9-18)15-16-13(17)19-8-4-7-14/h2-3,5-6,9H,4,7-8H2,1H3. The van der Waals surface area contributed by atoms with E-state index in [-0.39, 0.29) is 0 Å². The molecule has 0 atom stereocenters. The quantitative estimate of drug-likeness (QED) is 0.356. The van der Waals surface area contributed by atoms with Crippen molar-refractivity contribution in [3.05, 3.63) is 29.8 Å². The van der Waals surface area contributed by atoms with E-state index in [1.165, 1.54) is 0 Å². The topological polar surface area (TPSA) is 47.8 Å². The largest absolute Gasteiger partial charge is 0.305 e. The molecule has 0 aliphatic heterocycles. The molecule has 0 aliphatic rings. The molecule has 0 saturated heterocycles. The fourth-order valence-electron chi connectivity index (χ4n) is 1.70. The summed E-state index contributed by atoms with van der Waals surface area (Å²) >= 11 is 7.27. The van der Waals surface area contributed by atoms with Crippen LogP contribution in [0.5, 0.6) is 0 Å². The Morgan fingerprint density at radius 3 is 2.89 bits per heavy atom. The zero-order valence-electron chi connectivity index (χ0n) is 10.5. The van der Waals surface area contributed by atoms with Crippen molar-refractivity contribution >= 4 is 29.6 Å². The number of carbonyl (C=O) groups excluding carboxylic acids is 1.